The molecule has 7 nitrogen and oxygen atoms in total. The van der Waals surface area contributed by atoms with Gasteiger partial charge in [-0.3, -0.25) is 14.4 Å². The van der Waals surface area contributed by atoms with Crippen molar-refractivity contribution in [2.45, 2.75) is 44.2 Å². The Morgan fingerprint density at radius 2 is 1.60 bits per heavy atom. The van der Waals surface area contributed by atoms with Crippen LogP contribution in [-0.4, -0.2) is 59.9 Å². The topological polar surface area (TPSA) is 95.7 Å². The van der Waals surface area contributed by atoms with E-state index in [1.807, 2.05) is 30.3 Å². The molecule has 0 aromatic heterocycles. The lowest BCUT2D eigenvalue weighted by Crippen LogP contribution is -2.64. The SMILES string of the molecule is NCCNC(=O)C1N(C(=O)c2ccc(F)cc2)CCCN1C(=O)C(c1ccccc1)C1CCCC1. The number of hydrogen-bond donors (Lipinski definition) is 2. The second-order valence-corrected chi connectivity index (χ2v) is 9.28. The monoisotopic (exact) mass is 480 g/mol. The Hall–Kier alpha value is -3.26. The maximum atomic E-state index is 14.2. The van der Waals surface area contributed by atoms with Crippen molar-refractivity contribution in [3.63, 3.8) is 0 Å². The van der Waals surface area contributed by atoms with E-state index < -0.39 is 23.8 Å². The van der Waals surface area contributed by atoms with Crippen LogP contribution >= 0.6 is 0 Å². The van der Waals surface area contributed by atoms with Crippen LogP contribution < -0.4 is 11.1 Å². The van der Waals surface area contributed by atoms with E-state index in [9.17, 15) is 18.8 Å². The highest BCUT2D eigenvalue weighted by atomic mass is 19.1. The van der Waals surface area contributed by atoms with Crippen LogP contribution in [0.4, 0.5) is 4.39 Å². The predicted molar refractivity (Wildman–Crippen MR) is 131 cm³/mol. The first-order valence-corrected chi connectivity index (χ1v) is 12.4. The quantitative estimate of drug-likeness (QED) is 0.637. The molecular formula is C27H33FN4O3. The summed E-state index contributed by atoms with van der Waals surface area (Å²) < 4.78 is 13.4. The number of hydrogen-bond acceptors (Lipinski definition) is 4. The minimum Gasteiger partial charge on any atom is -0.351 e. The summed E-state index contributed by atoms with van der Waals surface area (Å²) in [5.41, 5.74) is 6.80. The zero-order valence-electron chi connectivity index (χ0n) is 19.9. The Morgan fingerprint density at radius 1 is 0.943 bits per heavy atom. The molecule has 4 rings (SSSR count). The van der Waals surface area contributed by atoms with Gasteiger partial charge >= 0.3 is 0 Å². The van der Waals surface area contributed by atoms with Gasteiger partial charge in [0.15, 0.2) is 6.17 Å². The average Bonchev–Trinajstić information content (AvgIpc) is 3.42. The van der Waals surface area contributed by atoms with Crippen LogP contribution in [0.25, 0.3) is 0 Å². The first kappa shape index (κ1) is 24.9. The molecule has 0 spiro atoms. The minimum absolute atomic E-state index is 0.132. The largest absolute Gasteiger partial charge is 0.351 e. The van der Waals surface area contributed by atoms with E-state index in [0.29, 0.717) is 19.5 Å². The standard InChI is InChI=1S/C27H33FN4O3/c28-22-13-11-21(12-14-22)26(34)31-17-6-18-32(25(31)24(33)30-16-15-29)27(35)23(20-9-4-5-10-20)19-7-2-1-3-8-19/h1-3,7-8,11-14,20,23,25H,4-6,9-10,15-18,29H2,(H,30,33). The molecular weight excluding hydrogens is 447 g/mol. The van der Waals surface area contributed by atoms with Gasteiger partial charge in [0, 0.05) is 31.7 Å². The van der Waals surface area contributed by atoms with E-state index >= 15 is 0 Å². The van der Waals surface area contributed by atoms with Crippen molar-refractivity contribution in [3.05, 3.63) is 71.5 Å². The van der Waals surface area contributed by atoms with Crippen molar-refractivity contribution >= 4 is 17.7 Å². The van der Waals surface area contributed by atoms with Crippen LogP contribution in [0.1, 0.15) is 53.9 Å². The fraction of sp³-hybridized carbons (Fsp3) is 0.444. The Kier molecular flexibility index (Phi) is 8.13. The Bertz CT molecular complexity index is 1020. The normalized spacial score (nSPS) is 19.4. The predicted octanol–water partition coefficient (Wildman–Crippen LogP) is 2.88. The van der Waals surface area contributed by atoms with Gasteiger partial charge in [0.05, 0.1) is 5.92 Å². The molecule has 3 amide bonds. The molecule has 2 aromatic rings. The second-order valence-electron chi connectivity index (χ2n) is 9.28. The van der Waals surface area contributed by atoms with Gasteiger partial charge in [-0.2, -0.15) is 0 Å². The number of benzene rings is 2. The van der Waals surface area contributed by atoms with Crippen molar-refractivity contribution in [2.75, 3.05) is 26.2 Å². The maximum Gasteiger partial charge on any atom is 0.263 e. The van der Waals surface area contributed by atoms with E-state index in [0.717, 1.165) is 31.2 Å². The number of amides is 3. The minimum atomic E-state index is -1.09. The molecule has 2 aliphatic rings. The van der Waals surface area contributed by atoms with Crippen LogP contribution in [0.3, 0.4) is 0 Å². The summed E-state index contributed by atoms with van der Waals surface area (Å²) in [6, 6.07) is 15.0. The molecule has 35 heavy (non-hydrogen) atoms. The Labute approximate surface area is 205 Å². The molecule has 2 unspecified atom stereocenters. The van der Waals surface area contributed by atoms with E-state index in [4.69, 9.17) is 5.73 Å². The molecule has 2 aromatic carbocycles. The Morgan fingerprint density at radius 3 is 2.26 bits per heavy atom. The van der Waals surface area contributed by atoms with E-state index in [1.165, 1.54) is 29.2 Å². The number of carbonyl (C=O) groups excluding carboxylic acids is 3. The first-order chi connectivity index (χ1) is 17.0. The van der Waals surface area contributed by atoms with Gasteiger partial charge in [0.25, 0.3) is 11.8 Å². The molecule has 1 aliphatic heterocycles. The summed E-state index contributed by atoms with van der Waals surface area (Å²) in [5, 5.41) is 2.77. The van der Waals surface area contributed by atoms with Gasteiger partial charge in [0.1, 0.15) is 5.82 Å². The van der Waals surface area contributed by atoms with Crippen LogP contribution in [0.5, 0.6) is 0 Å². The van der Waals surface area contributed by atoms with Crippen LogP contribution in [0.15, 0.2) is 54.6 Å². The van der Waals surface area contributed by atoms with Crippen LogP contribution in [0.2, 0.25) is 0 Å². The number of nitrogens with zero attached hydrogens (tertiary/aromatic N) is 2. The zero-order chi connectivity index (χ0) is 24.8. The van der Waals surface area contributed by atoms with Crippen LogP contribution in [-0.2, 0) is 9.59 Å². The van der Waals surface area contributed by atoms with Crippen LogP contribution in [0, 0.1) is 11.7 Å². The fourth-order valence-corrected chi connectivity index (χ4v) is 5.34. The highest BCUT2D eigenvalue weighted by molar-refractivity contribution is 5.99. The molecule has 2 atom stereocenters. The number of nitrogens with two attached hydrogens (primary N) is 1. The van der Waals surface area contributed by atoms with Crippen molar-refractivity contribution in [2.24, 2.45) is 11.7 Å². The van der Waals surface area contributed by atoms with Gasteiger partial charge < -0.3 is 20.9 Å². The molecule has 1 aliphatic carbocycles. The van der Waals surface area contributed by atoms with E-state index in [2.05, 4.69) is 5.32 Å². The maximum absolute atomic E-state index is 14.2. The number of carbonyl (C=O) groups is 3. The summed E-state index contributed by atoms with van der Waals surface area (Å²) in [4.78, 5) is 43.9. The summed E-state index contributed by atoms with van der Waals surface area (Å²) in [5.74, 6) is -1.60. The lowest BCUT2D eigenvalue weighted by atomic mass is 9.83. The summed E-state index contributed by atoms with van der Waals surface area (Å²) in [6.45, 7) is 1.18. The van der Waals surface area contributed by atoms with Gasteiger partial charge in [-0.25, -0.2) is 4.39 Å². The van der Waals surface area contributed by atoms with E-state index in [1.54, 1.807) is 4.90 Å². The molecule has 186 valence electrons. The molecule has 8 heteroatoms. The van der Waals surface area contributed by atoms with E-state index in [-0.39, 0.29) is 36.4 Å². The molecule has 0 bridgehead atoms. The number of halogens is 1. The molecule has 3 N–H and O–H groups in total. The fourth-order valence-electron chi connectivity index (χ4n) is 5.34. The van der Waals surface area contributed by atoms with Crippen molar-refractivity contribution in [1.29, 1.82) is 0 Å². The second kappa shape index (κ2) is 11.4. The molecule has 1 saturated heterocycles. The van der Waals surface area contributed by atoms with Crippen molar-refractivity contribution < 1.29 is 18.8 Å². The third-order valence-electron chi connectivity index (χ3n) is 7.00. The van der Waals surface area contributed by atoms with Gasteiger partial charge in [-0.15, -0.1) is 0 Å². The number of rotatable bonds is 7. The Balaban J connectivity index is 1.68. The molecule has 0 radical (unpaired) electrons. The summed E-state index contributed by atoms with van der Waals surface area (Å²) in [6.07, 6.45) is 3.54. The average molecular weight is 481 g/mol. The zero-order valence-corrected chi connectivity index (χ0v) is 19.9. The lowest BCUT2D eigenvalue weighted by molar-refractivity contribution is -0.151. The highest BCUT2D eigenvalue weighted by Gasteiger charge is 2.44. The highest BCUT2D eigenvalue weighted by Crippen LogP contribution is 2.39. The van der Waals surface area contributed by atoms with Crippen molar-refractivity contribution in [3.8, 4) is 0 Å². The van der Waals surface area contributed by atoms with Crippen molar-refractivity contribution in [1.82, 2.24) is 15.1 Å². The summed E-state index contributed by atoms with van der Waals surface area (Å²) >= 11 is 0. The lowest BCUT2D eigenvalue weighted by Gasteiger charge is -2.44. The molecule has 1 saturated carbocycles. The summed E-state index contributed by atoms with van der Waals surface area (Å²) in [7, 11) is 0. The van der Waals surface area contributed by atoms with Gasteiger partial charge in [-0.05, 0) is 55.0 Å². The third-order valence-corrected chi connectivity index (χ3v) is 7.00. The number of nitrogens with one attached hydrogen (secondary N) is 1. The smallest absolute Gasteiger partial charge is 0.263 e. The van der Waals surface area contributed by atoms with Gasteiger partial charge in [-0.1, -0.05) is 43.2 Å². The first-order valence-electron chi connectivity index (χ1n) is 12.4. The van der Waals surface area contributed by atoms with Gasteiger partial charge in [0.2, 0.25) is 5.91 Å². The third kappa shape index (κ3) is 5.53. The molecule has 1 heterocycles. The molecule has 2 fully saturated rings.